The summed E-state index contributed by atoms with van der Waals surface area (Å²) in [5.74, 6) is 0.800. The zero-order valence-corrected chi connectivity index (χ0v) is 10.4. The number of hydrogen-bond donors (Lipinski definition) is 1. The largest absolute Gasteiger partial charge is 0.497 e. The fraction of sp³-hybridized carbons (Fsp3) is 0.455. The van der Waals surface area contributed by atoms with E-state index in [2.05, 4.69) is 0 Å². The number of rotatable bonds is 5. The van der Waals surface area contributed by atoms with E-state index >= 15 is 0 Å². The average Bonchev–Trinajstić information content (AvgIpc) is 2.15. The molecule has 1 rings (SSSR count). The molecule has 0 atom stereocenters. The number of methoxy groups -OCH3 is 1. The van der Waals surface area contributed by atoms with Gasteiger partial charge in [0.1, 0.15) is 5.75 Å². The standard InChI is InChI=1S/C11H17NO3S/c1-3-4-16(13,14)8-9-5-10(12)7-11(6-9)15-2/h5-7H,3-4,8,12H2,1-2H3. The highest BCUT2D eigenvalue weighted by atomic mass is 32.2. The molecule has 90 valence electrons. The zero-order valence-electron chi connectivity index (χ0n) is 9.56. The van der Waals surface area contributed by atoms with Crippen molar-refractivity contribution in [1.29, 1.82) is 0 Å². The van der Waals surface area contributed by atoms with Crippen LogP contribution in [0.5, 0.6) is 5.75 Å². The predicted octanol–water partition coefficient (Wildman–Crippen LogP) is 1.60. The van der Waals surface area contributed by atoms with Gasteiger partial charge < -0.3 is 10.5 Å². The predicted molar refractivity (Wildman–Crippen MR) is 65.2 cm³/mol. The first-order valence-electron chi connectivity index (χ1n) is 5.10. The Labute approximate surface area is 96.3 Å². The maximum absolute atomic E-state index is 11.6. The minimum Gasteiger partial charge on any atom is -0.497 e. The lowest BCUT2D eigenvalue weighted by molar-refractivity contribution is 0.414. The average molecular weight is 243 g/mol. The molecule has 0 aliphatic heterocycles. The monoisotopic (exact) mass is 243 g/mol. The highest BCUT2D eigenvalue weighted by Crippen LogP contribution is 2.20. The molecule has 0 spiro atoms. The number of hydrogen-bond acceptors (Lipinski definition) is 4. The summed E-state index contributed by atoms with van der Waals surface area (Å²) in [5, 5.41) is 0. The summed E-state index contributed by atoms with van der Waals surface area (Å²) in [7, 11) is -1.51. The molecule has 0 saturated carbocycles. The van der Waals surface area contributed by atoms with Gasteiger partial charge in [0, 0.05) is 11.8 Å². The highest BCUT2D eigenvalue weighted by molar-refractivity contribution is 7.90. The maximum Gasteiger partial charge on any atom is 0.154 e. The van der Waals surface area contributed by atoms with E-state index in [0.717, 1.165) is 0 Å². The first-order valence-corrected chi connectivity index (χ1v) is 6.93. The molecule has 0 aliphatic rings. The van der Waals surface area contributed by atoms with Gasteiger partial charge in [0.2, 0.25) is 0 Å². The number of anilines is 1. The van der Waals surface area contributed by atoms with Crippen LogP contribution < -0.4 is 10.5 Å². The van der Waals surface area contributed by atoms with Crippen molar-refractivity contribution in [1.82, 2.24) is 0 Å². The molecule has 0 unspecified atom stereocenters. The number of benzene rings is 1. The van der Waals surface area contributed by atoms with E-state index in [0.29, 0.717) is 23.4 Å². The lowest BCUT2D eigenvalue weighted by atomic mass is 10.2. The van der Waals surface area contributed by atoms with Crippen LogP contribution in [0.1, 0.15) is 18.9 Å². The molecule has 0 saturated heterocycles. The molecule has 16 heavy (non-hydrogen) atoms. The van der Waals surface area contributed by atoms with E-state index in [1.54, 1.807) is 18.2 Å². The van der Waals surface area contributed by atoms with Gasteiger partial charge in [-0.3, -0.25) is 0 Å². The van der Waals surface area contributed by atoms with Crippen LogP contribution in [0.15, 0.2) is 18.2 Å². The summed E-state index contributed by atoms with van der Waals surface area (Å²) >= 11 is 0. The SMILES string of the molecule is CCCS(=O)(=O)Cc1cc(N)cc(OC)c1. The molecule has 0 amide bonds. The lowest BCUT2D eigenvalue weighted by Gasteiger charge is -2.07. The van der Waals surface area contributed by atoms with E-state index in [4.69, 9.17) is 10.5 Å². The third-order valence-corrected chi connectivity index (χ3v) is 3.93. The van der Waals surface area contributed by atoms with E-state index in [-0.39, 0.29) is 11.5 Å². The fourth-order valence-corrected chi connectivity index (χ4v) is 2.97. The zero-order chi connectivity index (χ0) is 12.2. The van der Waals surface area contributed by atoms with Crippen molar-refractivity contribution < 1.29 is 13.2 Å². The van der Waals surface area contributed by atoms with Crippen molar-refractivity contribution in [2.75, 3.05) is 18.6 Å². The Morgan fingerprint density at radius 1 is 1.31 bits per heavy atom. The maximum atomic E-state index is 11.6. The van der Waals surface area contributed by atoms with Gasteiger partial charge in [-0.2, -0.15) is 0 Å². The molecule has 0 bridgehead atoms. The molecule has 0 aromatic heterocycles. The van der Waals surface area contributed by atoms with Gasteiger partial charge in [-0.25, -0.2) is 8.42 Å². The number of ether oxygens (including phenoxy) is 1. The summed E-state index contributed by atoms with van der Waals surface area (Å²) in [5.41, 5.74) is 6.84. The first kappa shape index (κ1) is 12.8. The molecular weight excluding hydrogens is 226 g/mol. The second-order valence-corrected chi connectivity index (χ2v) is 5.89. The normalized spacial score (nSPS) is 11.4. The van der Waals surface area contributed by atoms with E-state index in [1.807, 2.05) is 6.92 Å². The quantitative estimate of drug-likeness (QED) is 0.797. The molecule has 2 N–H and O–H groups in total. The van der Waals surface area contributed by atoms with Crippen LogP contribution >= 0.6 is 0 Å². The summed E-state index contributed by atoms with van der Waals surface area (Å²) < 4.78 is 28.3. The molecule has 0 heterocycles. The highest BCUT2D eigenvalue weighted by Gasteiger charge is 2.11. The summed E-state index contributed by atoms with van der Waals surface area (Å²) in [6, 6.07) is 5.02. The Bertz CT molecular complexity index is 454. The second-order valence-electron chi connectivity index (χ2n) is 3.71. The topological polar surface area (TPSA) is 69.4 Å². The van der Waals surface area contributed by atoms with E-state index < -0.39 is 9.84 Å². The van der Waals surface area contributed by atoms with Crippen molar-refractivity contribution in [2.45, 2.75) is 19.1 Å². The Hall–Kier alpha value is -1.23. The van der Waals surface area contributed by atoms with Crippen molar-refractivity contribution in [3.8, 4) is 5.75 Å². The van der Waals surface area contributed by atoms with Crippen molar-refractivity contribution in [3.63, 3.8) is 0 Å². The van der Waals surface area contributed by atoms with E-state index in [9.17, 15) is 8.42 Å². The van der Waals surface area contributed by atoms with Gasteiger partial charge in [-0.05, 0) is 24.1 Å². The van der Waals surface area contributed by atoms with Crippen LogP contribution in [0.25, 0.3) is 0 Å². The van der Waals surface area contributed by atoms with Crippen LogP contribution in [0.4, 0.5) is 5.69 Å². The summed E-state index contributed by atoms with van der Waals surface area (Å²) in [4.78, 5) is 0. The Balaban J connectivity index is 2.93. The molecule has 5 heteroatoms. The lowest BCUT2D eigenvalue weighted by Crippen LogP contribution is -2.08. The van der Waals surface area contributed by atoms with Crippen molar-refractivity contribution >= 4 is 15.5 Å². The van der Waals surface area contributed by atoms with Gasteiger partial charge >= 0.3 is 0 Å². The van der Waals surface area contributed by atoms with Crippen LogP contribution in [0.2, 0.25) is 0 Å². The first-order chi connectivity index (χ1) is 7.46. The third-order valence-electron chi connectivity index (χ3n) is 2.13. The number of nitrogens with two attached hydrogens (primary N) is 1. The van der Waals surface area contributed by atoms with Crippen molar-refractivity contribution in [2.24, 2.45) is 0 Å². The molecule has 0 fully saturated rings. The Morgan fingerprint density at radius 2 is 2.00 bits per heavy atom. The molecule has 4 nitrogen and oxygen atoms in total. The van der Waals surface area contributed by atoms with Crippen LogP contribution in [-0.2, 0) is 15.6 Å². The van der Waals surface area contributed by atoms with Crippen LogP contribution in [0.3, 0.4) is 0 Å². The molecular formula is C11H17NO3S. The van der Waals surface area contributed by atoms with Crippen molar-refractivity contribution in [3.05, 3.63) is 23.8 Å². The third kappa shape index (κ3) is 3.73. The minimum absolute atomic E-state index is 0.0161. The molecule has 1 aromatic carbocycles. The molecule has 0 aliphatic carbocycles. The fourth-order valence-electron chi connectivity index (χ4n) is 1.52. The van der Waals surface area contributed by atoms with E-state index in [1.165, 1.54) is 7.11 Å². The minimum atomic E-state index is -3.04. The summed E-state index contributed by atoms with van der Waals surface area (Å²) in [6.45, 7) is 1.84. The van der Waals surface area contributed by atoms with Gasteiger partial charge in [0.25, 0.3) is 0 Å². The van der Waals surface area contributed by atoms with Crippen LogP contribution in [-0.4, -0.2) is 21.3 Å². The van der Waals surface area contributed by atoms with Gasteiger partial charge in [-0.1, -0.05) is 6.92 Å². The Kier molecular flexibility index (Phi) is 4.18. The molecule has 0 radical (unpaired) electrons. The second kappa shape index (κ2) is 5.21. The smallest absolute Gasteiger partial charge is 0.154 e. The van der Waals surface area contributed by atoms with Gasteiger partial charge in [0.05, 0.1) is 18.6 Å². The Morgan fingerprint density at radius 3 is 2.56 bits per heavy atom. The molecule has 1 aromatic rings. The van der Waals surface area contributed by atoms with Gasteiger partial charge in [0.15, 0.2) is 9.84 Å². The van der Waals surface area contributed by atoms with Crippen LogP contribution in [0, 0.1) is 0 Å². The summed E-state index contributed by atoms with van der Waals surface area (Å²) in [6.07, 6.45) is 0.627. The van der Waals surface area contributed by atoms with Gasteiger partial charge in [-0.15, -0.1) is 0 Å². The number of nitrogen functional groups attached to an aromatic ring is 1. The number of sulfone groups is 1.